The molecule has 0 spiro atoms. The minimum absolute atomic E-state index is 0.526. The minimum atomic E-state index is 0.526. The summed E-state index contributed by atoms with van der Waals surface area (Å²) in [5.74, 6) is 1.45. The van der Waals surface area contributed by atoms with Crippen molar-refractivity contribution in [1.29, 1.82) is 0 Å². The van der Waals surface area contributed by atoms with Crippen LogP contribution >= 0.6 is 11.6 Å². The van der Waals surface area contributed by atoms with E-state index in [0.717, 1.165) is 12.2 Å². The molecule has 16 heavy (non-hydrogen) atoms. The van der Waals surface area contributed by atoms with Crippen LogP contribution in [0.15, 0.2) is 18.6 Å². The zero-order valence-electron chi connectivity index (χ0n) is 8.44. The van der Waals surface area contributed by atoms with Crippen molar-refractivity contribution >= 4 is 23.1 Å². The SMILES string of the molecule is Nc1cc(Cl)cnc1NCCc1ncn[nH]1. The lowest BCUT2D eigenvalue weighted by Crippen LogP contribution is -2.09. The van der Waals surface area contributed by atoms with Gasteiger partial charge in [-0.15, -0.1) is 0 Å². The number of nitrogens with two attached hydrogens (primary N) is 1. The average molecular weight is 239 g/mol. The number of anilines is 2. The van der Waals surface area contributed by atoms with Gasteiger partial charge in [-0.3, -0.25) is 5.10 Å². The van der Waals surface area contributed by atoms with Crippen LogP contribution in [0.2, 0.25) is 5.02 Å². The molecule has 6 nitrogen and oxygen atoms in total. The van der Waals surface area contributed by atoms with Gasteiger partial charge in [-0.2, -0.15) is 5.10 Å². The predicted octanol–water partition coefficient (Wildman–Crippen LogP) is 1.09. The highest BCUT2D eigenvalue weighted by molar-refractivity contribution is 6.30. The molecular weight excluding hydrogens is 228 g/mol. The number of H-pyrrole nitrogens is 1. The summed E-state index contributed by atoms with van der Waals surface area (Å²) in [6.07, 6.45) is 3.75. The quantitative estimate of drug-likeness (QED) is 0.742. The number of nitrogens with one attached hydrogen (secondary N) is 2. The Morgan fingerprint density at radius 1 is 1.44 bits per heavy atom. The van der Waals surface area contributed by atoms with Gasteiger partial charge in [0.05, 0.1) is 10.7 Å². The number of nitrogen functional groups attached to an aromatic ring is 1. The molecule has 0 atom stereocenters. The molecule has 0 radical (unpaired) electrons. The van der Waals surface area contributed by atoms with Crippen molar-refractivity contribution in [2.24, 2.45) is 0 Å². The topological polar surface area (TPSA) is 92.5 Å². The monoisotopic (exact) mass is 238 g/mol. The molecule has 0 saturated carbocycles. The second-order valence-corrected chi connectivity index (χ2v) is 3.64. The molecule has 2 rings (SSSR count). The van der Waals surface area contributed by atoms with Crippen LogP contribution in [0.3, 0.4) is 0 Å². The van der Waals surface area contributed by atoms with Crippen molar-refractivity contribution in [2.45, 2.75) is 6.42 Å². The predicted molar refractivity (Wildman–Crippen MR) is 62.2 cm³/mol. The number of hydrogen-bond acceptors (Lipinski definition) is 5. The minimum Gasteiger partial charge on any atom is -0.396 e. The molecule has 2 heterocycles. The van der Waals surface area contributed by atoms with Crippen molar-refractivity contribution in [3.63, 3.8) is 0 Å². The Bertz CT molecular complexity index is 455. The van der Waals surface area contributed by atoms with Gasteiger partial charge >= 0.3 is 0 Å². The standard InChI is InChI=1S/C9H11ClN6/c10-6-3-7(11)9(13-4-6)12-2-1-8-14-5-15-16-8/h3-5H,1-2,11H2,(H,12,13)(H,14,15,16). The Balaban J connectivity index is 1.90. The molecule has 4 N–H and O–H groups in total. The second-order valence-electron chi connectivity index (χ2n) is 3.20. The zero-order chi connectivity index (χ0) is 11.4. The molecule has 0 aliphatic carbocycles. The average Bonchev–Trinajstić information content (AvgIpc) is 2.74. The maximum Gasteiger partial charge on any atom is 0.149 e. The van der Waals surface area contributed by atoms with Gasteiger partial charge in [-0.25, -0.2) is 9.97 Å². The van der Waals surface area contributed by atoms with Crippen LogP contribution in [0.25, 0.3) is 0 Å². The molecule has 7 heteroatoms. The highest BCUT2D eigenvalue weighted by Crippen LogP contribution is 2.18. The van der Waals surface area contributed by atoms with Crippen LogP contribution in [-0.4, -0.2) is 26.7 Å². The van der Waals surface area contributed by atoms with Gasteiger partial charge in [-0.05, 0) is 6.07 Å². The van der Waals surface area contributed by atoms with E-state index >= 15 is 0 Å². The first-order chi connectivity index (χ1) is 7.75. The van der Waals surface area contributed by atoms with Crippen LogP contribution in [-0.2, 0) is 6.42 Å². The van der Waals surface area contributed by atoms with Crippen LogP contribution in [0.1, 0.15) is 5.82 Å². The Hall–Kier alpha value is -1.82. The lowest BCUT2D eigenvalue weighted by atomic mass is 10.3. The molecule has 0 aliphatic rings. The molecule has 0 bridgehead atoms. The lowest BCUT2D eigenvalue weighted by molar-refractivity contribution is 0.897. The molecule has 0 aliphatic heterocycles. The van der Waals surface area contributed by atoms with Crippen molar-refractivity contribution in [3.05, 3.63) is 29.4 Å². The largest absolute Gasteiger partial charge is 0.396 e. The van der Waals surface area contributed by atoms with Crippen molar-refractivity contribution in [3.8, 4) is 0 Å². The van der Waals surface area contributed by atoms with Crippen LogP contribution in [0.5, 0.6) is 0 Å². The zero-order valence-corrected chi connectivity index (χ0v) is 9.20. The van der Waals surface area contributed by atoms with E-state index in [1.807, 2.05) is 0 Å². The number of hydrogen-bond donors (Lipinski definition) is 3. The second kappa shape index (κ2) is 4.80. The number of aromatic amines is 1. The van der Waals surface area contributed by atoms with Crippen molar-refractivity contribution in [2.75, 3.05) is 17.6 Å². The molecule has 0 unspecified atom stereocenters. The summed E-state index contributed by atoms with van der Waals surface area (Å²) in [4.78, 5) is 8.09. The molecular formula is C9H11ClN6. The van der Waals surface area contributed by atoms with Gasteiger partial charge in [0.2, 0.25) is 0 Å². The molecule has 2 aromatic rings. The molecule has 0 saturated heterocycles. The van der Waals surface area contributed by atoms with Gasteiger partial charge in [0, 0.05) is 19.2 Å². The van der Waals surface area contributed by atoms with Crippen LogP contribution < -0.4 is 11.1 Å². The summed E-state index contributed by atoms with van der Waals surface area (Å²) in [6, 6.07) is 1.66. The lowest BCUT2D eigenvalue weighted by Gasteiger charge is -2.06. The Morgan fingerprint density at radius 2 is 2.31 bits per heavy atom. The summed E-state index contributed by atoms with van der Waals surface area (Å²) >= 11 is 5.74. The first-order valence-corrected chi connectivity index (χ1v) is 5.12. The number of rotatable bonds is 4. The molecule has 0 aromatic carbocycles. The van der Waals surface area contributed by atoms with Gasteiger partial charge in [0.25, 0.3) is 0 Å². The van der Waals surface area contributed by atoms with Crippen LogP contribution in [0.4, 0.5) is 11.5 Å². The molecule has 84 valence electrons. The fraction of sp³-hybridized carbons (Fsp3) is 0.222. The normalized spacial score (nSPS) is 10.3. The maximum absolute atomic E-state index is 5.74. The number of nitrogens with zero attached hydrogens (tertiary/aromatic N) is 3. The Morgan fingerprint density at radius 3 is 3.00 bits per heavy atom. The van der Waals surface area contributed by atoms with Gasteiger partial charge in [0.1, 0.15) is 18.0 Å². The van der Waals surface area contributed by atoms with E-state index < -0.39 is 0 Å². The van der Waals surface area contributed by atoms with E-state index in [1.165, 1.54) is 6.33 Å². The van der Waals surface area contributed by atoms with E-state index in [0.29, 0.717) is 23.1 Å². The first-order valence-electron chi connectivity index (χ1n) is 4.75. The number of halogens is 1. The van der Waals surface area contributed by atoms with E-state index in [1.54, 1.807) is 12.3 Å². The summed E-state index contributed by atoms with van der Waals surface area (Å²) in [5, 5.41) is 10.2. The van der Waals surface area contributed by atoms with Crippen molar-refractivity contribution < 1.29 is 0 Å². The fourth-order valence-corrected chi connectivity index (χ4v) is 1.42. The van der Waals surface area contributed by atoms with Gasteiger partial charge in [0.15, 0.2) is 0 Å². The summed E-state index contributed by atoms with van der Waals surface area (Å²) in [7, 11) is 0. The van der Waals surface area contributed by atoms with Gasteiger partial charge < -0.3 is 11.1 Å². The molecule has 2 aromatic heterocycles. The maximum atomic E-state index is 5.74. The molecule has 0 amide bonds. The van der Waals surface area contributed by atoms with Crippen LogP contribution in [0, 0.1) is 0 Å². The van der Waals surface area contributed by atoms with Crippen molar-refractivity contribution in [1.82, 2.24) is 20.2 Å². The van der Waals surface area contributed by atoms with E-state index in [2.05, 4.69) is 25.5 Å². The van der Waals surface area contributed by atoms with E-state index in [-0.39, 0.29) is 0 Å². The highest BCUT2D eigenvalue weighted by atomic mass is 35.5. The highest BCUT2D eigenvalue weighted by Gasteiger charge is 2.01. The number of aromatic nitrogens is 4. The van der Waals surface area contributed by atoms with E-state index in [4.69, 9.17) is 17.3 Å². The first kappa shape index (κ1) is 10.7. The Kier molecular flexibility index (Phi) is 3.21. The van der Waals surface area contributed by atoms with E-state index in [9.17, 15) is 0 Å². The Labute approximate surface area is 97.2 Å². The molecule has 0 fully saturated rings. The third-order valence-corrected chi connectivity index (χ3v) is 2.21. The summed E-state index contributed by atoms with van der Waals surface area (Å²) in [5.41, 5.74) is 6.27. The smallest absolute Gasteiger partial charge is 0.149 e. The summed E-state index contributed by atoms with van der Waals surface area (Å²) in [6.45, 7) is 0.675. The van der Waals surface area contributed by atoms with Gasteiger partial charge in [-0.1, -0.05) is 11.6 Å². The third-order valence-electron chi connectivity index (χ3n) is 2.00. The summed E-state index contributed by atoms with van der Waals surface area (Å²) < 4.78 is 0. The number of pyridine rings is 1. The third kappa shape index (κ3) is 2.60. The fourth-order valence-electron chi connectivity index (χ4n) is 1.25.